The van der Waals surface area contributed by atoms with E-state index in [-0.39, 0.29) is 17.9 Å². The molecule has 25 heavy (non-hydrogen) atoms. The first-order valence-corrected chi connectivity index (χ1v) is 9.88. The van der Waals surface area contributed by atoms with Crippen LogP contribution in [0.5, 0.6) is 0 Å². The van der Waals surface area contributed by atoms with Crippen LogP contribution in [-0.4, -0.2) is 60.1 Å². The fraction of sp³-hybridized carbons (Fsp3) is 0.556. The van der Waals surface area contributed by atoms with Gasteiger partial charge in [0.15, 0.2) is 0 Å². The van der Waals surface area contributed by atoms with E-state index in [1.165, 1.54) is 0 Å². The van der Waals surface area contributed by atoms with Crippen molar-refractivity contribution in [2.75, 3.05) is 36.5 Å². The number of anilines is 1. The fourth-order valence-corrected chi connectivity index (χ4v) is 4.07. The van der Waals surface area contributed by atoms with E-state index in [2.05, 4.69) is 5.32 Å². The van der Waals surface area contributed by atoms with Gasteiger partial charge in [0.25, 0.3) is 11.8 Å². The summed E-state index contributed by atoms with van der Waals surface area (Å²) in [6.45, 7) is 3.93. The van der Waals surface area contributed by atoms with Crippen LogP contribution in [0.3, 0.4) is 0 Å². The third-order valence-corrected chi connectivity index (χ3v) is 5.63. The summed E-state index contributed by atoms with van der Waals surface area (Å²) in [5.74, 6) is 1.89. The van der Waals surface area contributed by atoms with Gasteiger partial charge in [-0.2, -0.15) is 11.8 Å². The minimum atomic E-state index is -0.444. The second kappa shape index (κ2) is 8.21. The van der Waals surface area contributed by atoms with Crippen molar-refractivity contribution in [3.8, 4) is 0 Å². The first-order valence-electron chi connectivity index (χ1n) is 8.72. The molecule has 2 aliphatic rings. The number of rotatable bonds is 4. The second-order valence-electron chi connectivity index (χ2n) is 6.48. The molecule has 136 valence electrons. The molecule has 0 aromatic heterocycles. The summed E-state index contributed by atoms with van der Waals surface area (Å²) in [5, 5.41) is 2.91. The van der Waals surface area contributed by atoms with Crippen LogP contribution >= 0.6 is 11.8 Å². The number of hydrogen-bond acceptors (Lipinski definition) is 5. The lowest BCUT2D eigenvalue weighted by atomic mass is 10.1. The summed E-state index contributed by atoms with van der Waals surface area (Å²) in [6, 6.07) is 5.43. The number of aryl methyl sites for hydroxylation is 1. The normalized spacial score (nSPS) is 23.5. The molecule has 0 radical (unpaired) electrons. The van der Waals surface area contributed by atoms with Crippen molar-refractivity contribution < 1.29 is 14.3 Å². The van der Waals surface area contributed by atoms with E-state index >= 15 is 0 Å². The molecular weight excluding hydrogens is 338 g/mol. The van der Waals surface area contributed by atoms with E-state index in [0.717, 1.165) is 42.3 Å². The Labute approximate surface area is 152 Å². The quantitative estimate of drug-likeness (QED) is 0.849. The Balaban J connectivity index is 1.63. The molecular formula is C18H25N3O3S. The summed E-state index contributed by atoms with van der Waals surface area (Å²) in [4.78, 5) is 26.8. The van der Waals surface area contributed by atoms with Gasteiger partial charge in [-0.25, -0.2) is 0 Å². The molecule has 3 N–H and O–H groups in total. The Kier molecular flexibility index (Phi) is 5.98. The number of nitrogens with two attached hydrogens (primary N) is 1. The predicted molar refractivity (Wildman–Crippen MR) is 100.0 cm³/mol. The van der Waals surface area contributed by atoms with Gasteiger partial charge in [0, 0.05) is 42.4 Å². The van der Waals surface area contributed by atoms with Crippen molar-refractivity contribution >= 4 is 29.3 Å². The lowest BCUT2D eigenvalue weighted by Crippen LogP contribution is -2.37. The summed E-state index contributed by atoms with van der Waals surface area (Å²) < 4.78 is 5.63. The monoisotopic (exact) mass is 363 g/mol. The summed E-state index contributed by atoms with van der Waals surface area (Å²) >= 11 is 1.88. The van der Waals surface area contributed by atoms with Gasteiger partial charge in [-0.1, -0.05) is 0 Å². The third kappa shape index (κ3) is 4.34. The molecule has 2 amide bonds. The van der Waals surface area contributed by atoms with Crippen LogP contribution in [0.15, 0.2) is 18.2 Å². The van der Waals surface area contributed by atoms with Crippen molar-refractivity contribution in [1.82, 2.24) is 4.90 Å². The zero-order chi connectivity index (χ0) is 17.8. The molecule has 2 atom stereocenters. The van der Waals surface area contributed by atoms with Gasteiger partial charge >= 0.3 is 0 Å². The van der Waals surface area contributed by atoms with E-state index < -0.39 is 6.10 Å². The minimum absolute atomic E-state index is 0.0282. The zero-order valence-electron chi connectivity index (χ0n) is 14.5. The Morgan fingerprint density at radius 3 is 2.72 bits per heavy atom. The van der Waals surface area contributed by atoms with Crippen LogP contribution in [0, 0.1) is 6.92 Å². The Hall–Kier alpha value is -1.57. The molecule has 2 aliphatic heterocycles. The molecule has 0 spiro atoms. The van der Waals surface area contributed by atoms with E-state index in [9.17, 15) is 9.59 Å². The van der Waals surface area contributed by atoms with Gasteiger partial charge in [-0.15, -0.1) is 0 Å². The van der Waals surface area contributed by atoms with Crippen LogP contribution < -0.4 is 11.1 Å². The highest BCUT2D eigenvalue weighted by Crippen LogP contribution is 2.23. The summed E-state index contributed by atoms with van der Waals surface area (Å²) in [7, 11) is 0. The molecule has 0 saturated carbocycles. The molecule has 1 aromatic carbocycles. The van der Waals surface area contributed by atoms with Crippen molar-refractivity contribution in [2.45, 2.75) is 32.0 Å². The van der Waals surface area contributed by atoms with Crippen LogP contribution in [0.1, 0.15) is 28.8 Å². The maximum absolute atomic E-state index is 12.6. The standard InChI is InChI=1S/C18H25N3O3S/c1-12-10-13(18(23)21-6-8-25-9-7-21)2-4-15(12)20-17(22)16-5-3-14(11-19)24-16/h2,4,10,14,16H,3,5-9,11,19H2,1H3,(H,20,22)/t14-,16+/m1/s1. The van der Waals surface area contributed by atoms with Gasteiger partial charge < -0.3 is 20.7 Å². The number of nitrogens with zero attached hydrogens (tertiary/aromatic N) is 1. The number of carbonyl (C=O) groups is 2. The average Bonchev–Trinajstić information content (AvgIpc) is 3.13. The Morgan fingerprint density at radius 1 is 1.32 bits per heavy atom. The van der Waals surface area contributed by atoms with E-state index in [0.29, 0.717) is 18.5 Å². The van der Waals surface area contributed by atoms with Gasteiger partial charge in [0.05, 0.1) is 6.10 Å². The topological polar surface area (TPSA) is 84.7 Å². The number of benzene rings is 1. The van der Waals surface area contributed by atoms with E-state index in [1.54, 1.807) is 12.1 Å². The largest absolute Gasteiger partial charge is 0.364 e. The van der Waals surface area contributed by atoms with Gasteiger partial charge in [-0.05, 0) is 43.5 Å². The van der Waals surface area contributed by atoms with Crippen molar-refractivity contribution in [3.05, 3.63) is 29.3 Å². The van der Waals surface area contributed by atoms with E-state index in [1.807, 2.05) is 29.7 Å². The number of amides is 2. The molecule has 0 aliphatic carbocycles. The number of thioether (sulfide) groups is 1. The molecule has 2 saturated heterocycles. The summed E-state index contributed by atoms with van der Waals surface area (Å²) in [6.07, 6.45) is 1.03. The SMILES string of the molecule is Cc1cc(C(=O)N2CCSCC2)ccc1NC(=O)[C@@H]1CC[C@H](CN)O1. The third-order valence-electron chi connectivity index (χ3n) is 4.69. The first-order chi connectivity index (χ1) is 12.1. The smallest absolute Gasteiger partial charge is 0.253 e. The van der Waals surface area contributed by atoms with Crippen LogP contribution in [0.2, 0.25) is 0 Å². The Bertz CT molecular complexity index is 646. The highest BCUT2D eigenvalue weighted by atomic mass is 32.2. The highest BCUT2D eigenvalue weighted by Gasteiger charge is 2.30. The fourth-order valence-electron chi connectivity index (χ4n) is 3.17. The van der Waals surface area contributed by atoms with Crippen molar-refractivity contribution in [3.63, 3.8) is 0 Å². The molecule has 7 heteroatoms. The number of carbonyl (C=O) groups excluding carboxylic acids is 2. The Morgan fingerprint density at radius 2 is 2.08 bits per heavy atom. The van der Waals surface area contributed by atoms with Gasteiger partial charge in [-0.3, -0.25) is 9.59 Å². The molecule has 2 heterocycles. The molecule has 6 nitrogen and oxygen atoms in total. The maximum Gasteiger partial charge on any atom is 0.253 e. The van der Waals surface area contributed by atoms with Gasteiger partial charge in [0.2, 0.25) is 0 Å². The van der Waals surface area contributed by atoms with Crippen LogP contribution in [0.4, 0.5) is 5.69 Å². The molecule has 2 fully saturated rings. The second-order valence-corrected chi connectivity index (χ2v) is 7.71. The first kappa shape index (κ1) is 18.2. The van der Waals surface area contributed by atoms with Crippen molar-refractivity contribution in [2.24, 2.45) is 5.73 Å². The van der Waals surface area contributed by atoms with E-state index in [4.69, 9.17) is 10.5 Å². The highest BCUT2D eigenvalue weighted by molar-refractivity contribution is 7.99. The lowest BCUT2D eigenvalue weighted by molar-refractivity contribution is -0.126. The molecule has 0 bridgehead atoms. The minimum Gasteiger partial charge on any atom is -0.364 e. The predicted octanol–water partition coefficient (Wildman–Crippen LogP) is 1.63. The lowest BCUT2D eigenvalue weighted by Gasteiger charge is -2.26. The number of hydrogen-bond donors (Lipinski definition) is 2. The average molecular weight is 363 g/mol. The molecule has 0 unspecified atom stereocenters. The maximum atomic E-state index is 12.6. The van der Waals surface area contributed by atoms with Gasteiger partial charge in [0.1, 0.15) is 6.10 Å². The van der Waals surface area contributed by atoms with Crippen LogP contribution in [0.25, 0.3) is 0 Å². The number of ether oxygens (including phenoxy) is 1. The molecule has 3 rings (SSSR count). The van der Waals surface area contributed by atoms with Crippen molar-refractivity contribution in [1.29, 1.82) is 0 Å². The molecule has 1 aromatic rings. The summed E-state index contributed by atoms with van der Waals surface area (Å²) in [5.41, 5.74) is 7.85. The number of nitrogens with one attached hydrogen (secondary N) is 1. The zero-order valence-corrected chi connectivity index (χ0v) is 15.3. The van der Waals surface area contributed by atoms with Crippen LogP contribution in [-0.2, 0) is 9.53 Å².